The van der Waals surface area contributed by atoms with Gasteiger partial charge < -0.3 is 19.2 Å². The van der Waals surface area contributed by atoms with E-state index in [0.717, 1.165) is 24.8 Å². The summed E-state index contributed by atoms with van der Waals surface area (Å²) in [6.45, 7) is 2.18. The van der Waals surface area contributed by atoms with Crippen LogP contribution >= 0.6 is 0 Å². The van der Waals surface area contributed by atoms with Crippen LogP contribution in [0.25, 0.3) is 22.2 Å². The smallest absolute Gasteiger partial charge is 0.235 e. The highest BCUT2D eigenvalue weighted by molar-refractivity contribution is 5.90. The lowest BCUT2D eigenvalue weighted by Crippen LogP contribution is -2.11. The number of hydrogen-bond acceptors (Lipinski definition) is 4. The molecule has 0 bridgehead atoms. The van der Waals surface area contributed by atoms with Crippen molar-refractivity contribution in [3.63, 3.8) is 0 Å². The zero-order chi connectivity index (χ0) is 19.4. The Labute approximate surface area is 158 Å². The third kappa shape index (κ3) is 3.63. The number of nitrogens with one attached hydrogen (secondary N) is 1. The number of fused-ring (bicyclic) bond motifs is 1. The molecule has 5 heteroatoms. The molecule has 0 amide bonds. The maximum atomic E-state index is 13.1. The molecule has 3 rings (SSSR count). The Morgan fingerprint density at radius 3 is 2.30 bits per heavy atom. The van der Waals surface area contributed by atoms with E-state index in [0.29, 0.717) is 28.1 Å². The summed E-state index contributed by atoms with van der Waals surface area (Å²) in [7, 11) is 4.62. The van der Waals surface area contributed by atoms with Gasteiger partial charge in [0, 0.05) is 17.7 Å². The molecule has 0 saturated heterocycles. The van der Waals surface area contributed by atoms with E-state index in [-0.39, 0.29) is 11.2 Å². The lowest BCUT2D eigenvalue weighted by Gasteiger charge is -2.14. The van der Waals surface area contributed by atoms with E-state index in [1.807, 2.05) is 12.1 Å². The van der Waals surface area contributed by atoms with Gasteiger partial charge in [-0.2, -0.15) is 0 Å². The first-order valence-electron chi connectivity index (χ1n) is 9.08. The Bertz CT molecular complexity index is 990. The molecular weight excluding hydrogens is 342 g/mol. The van der Waals surface area contributed by atoms with Crippen LogP contribution in [0.1, 0.15) is 25.3 Å². The molecule has 1 heterocycles. The number of aromatic nitrogens is 1. The highest BCUT2D eigenvalue weighted by Crippen LogP contribution is 2.33. The number of pyridine rings is 1. The molecule has 27 heavy (non-hydrogen) atoms. The van der Waals surface area contributed by atoms with Crippen molar-refractivity contribution in [1.29, 1.82) is 0 Å². The molecule has 0 saturated carbocycles. The van der Waals surface area contributed by atoms with Gasteiger partial charge in [0.25, 0.3) is 0 Å². The number of aryl methyl sites for hydroxylation is 1. The van der Waals surface area contributed by atoms with Crippen LogP contribution < -0.4 is 19.6 Å². The predicted octanol–water partition coefficient (Wildman–Crippen LogP) is 4.56. The topological polar surface area (TPSA) is 60.5 Å². The van der Waals surface area contributed by atoms with E-state index >= 15 is 0 Å². The zero-order valence-electron chi connectivity index (χ0n) is 16.2. The maximum Gasteiger partial charge on any atom is 0.235 e. The highest BCUT2D eigenvalue weighted by atomic mass is 16.5. The fourth-order valence-corrected chi connectivity index (χ4v) is 3.24. The molecule has 5 nitrogen and oxygen atoms in total. The van der Waals surface area contributed by atoms with Crippen molar-refractivity contribution in [2.24, 2.45) is 0 Å². The number of hydrogen-bond donors (Lipinski definition) is 1. The van der Waals surface area contributed by atoms with E-state index in [4.69, 9.17) is 14.2 Å². The lowest BCUT2D eigenvalue weighted by atomic mass is 10.0. The van der Waals surface area contributed by atoms with Crippen molar-refractivity contribution in [3.05, 3.63) is 52.2 Å². The molecule has 1 aromatic heterocycles. The van der Waals surface area contributed by atoms with Crippen LogP contribution in [0.3, 0.4) is 0 Å². The largest absolute Gasteiger partial charge is 0.497 e. The van der Waals surface area contributed by atoms with E-state index in [2.05, 4.69) is 24.0 Å². The molecule has 0 aliphatic rings. The van der Waals surface area contributed by atoms with Crippen LogP contribution in [0.2, 0.25) is 0 Å². The normalized spacial score (nSPS) is 10.8. The van der Waals surface area contributed by atoms with Crippen LogP contribution in [0.15, 0.2) is 41.2 Å². The molecule has 0 unspecified atom stereocenters. The average Bonchev–Trinajstić information content (AvgIpc) is 2.71. The second-order valence-corrected chi connectivity index (χ2v) is 6.42. The molecule has 0 spiro atoms. The molecule has 1 N–H and O–H groups in total. The average molecular weight is 367 g/mol. The minimum atomic E-state index is -0.212. The van der Waals surface area contributed by atoms with Crippen molar-refractivity contribution >= 4 is 10.9 Å². The van der Waals surface area contributed by atoms with E-state index in [9.17, 15) is 4.79 Å². The summed E-state index contributed by atoms with van der Waals surface area (Å²) in [4.78, 5) is 16.4. The second-order valence-electron chi connectivity index (χ2n) is 6.42. The first-order valence-corrected chi connectivity index (χ1v) is 9.08. The number of rotatable bonds is 7. The van der Waals surface area contributed by atoms with Gasteiger partial charge in [-0.1, -0.05) is 37.6 Å². The SMILES string of the molecule is CCCCc1ccc(-c2[nH]c3cc(OC)cc(OC)c3c(=O)c2OC)cc1. The molecule has 0 aliphatic heterocycles. The van der Waals surface area contributed by atoms with Gasteiger partial charge in [0.1, 0.15) is 11.5 Å². The quantitative estimate of drug-likeness (QED) is 0.665. The summed E-state index contributed by atoms with van der Waals surface area (Å²) in [5, 5.41) is 0.443. The van der Waals surface area contributed by atoms with Crippen LogP contribution in [-0.2, 0) is 6.42 Å². The molecular formula is C22H25NO4. The molecule has 0 aliphatic carbocycles. The van der Waals surface area contributed by atoms with Gasteiger partial charge in [0.05, 0.1) is 37.9 Å². The van der Waals surface area contributed by atoms with Gasteiger partial charge in [-0.3, -0.25) is 4.79 Å². The van der Waals surface area contributed by atoms with Gasteiger partial charge in [-0.25, -0.2) is 0 Å². The predicted molar refractivity (Wildman–Crippen MR) is 108 cm³/mol. The van der Waals surface area contributed by atoms with Crippen molar-refractivity contribution in [2.75, 3.05) is 21.3 Å². The Hall–Kier alpha value is -2.95. The zero-order valence-corrected chi connectivity index (χ0v) is 16.2. The van der Waals surface area contributed by atoms with Gasteiger partial charge >= 0.3 is 0 Å². The number of aromatic amines is 1. The van der Waals surface area contributed by atoms with Crippen molar-refractivity contribution in [3.8, 4) is 28.5 Å². The Kier molecular flexibility index (Phi) is 5.69. The maximum absolute atomic E-state index is 13.1. The minimum Gasteiger partial charge on any atom is -0.497 e. The number of benzene rings is 2. The van der Waals surface area contributed by atoms with Crippen LogP contribution in [0.4, 0.5) is 0 Å². The second kappa shape index (κ2) is 8.16. The Balaban J connectivity index is 2.19. The Morgan fingerprint density at radius 2 is 1.70 bits per heavy atom. The van der Waals surface area contributed by atoms with Crippen molar-refractivity contribution in [2.45, 2.75) is 26.2 Å². The first-order chi connectivity index (χ1) is 13.1. The summed E-state index contributed by atoms with van der Waals surface area (Å²) < 4.78 is 16.2. The van der Waals surface area contributed by atoms with Crippen molar-refractivity contribution < 1.29 is 14.2 Å². The fraction of sp³-hybridized carbons (Fsp3) is 0.318. The standard InChI is InChI=1S/C22H25NO4/c1-5-6-7-14-8-10-15(11-9-14)20-22(27-4)21(24)19-17(23-20)12-16(25-2)13-18(19)26-3/h8-13H,5-7H2,1-4H3,(H,23,24). The van der Waals surface area contributed by atoms with Gasteiger partial charge in [0.2, 0.25) is 5.43 Å². The minimum absolute atomic E-state index is 0.212. The fourth-order valence-electron chi connectivity index (χ4n) is 3.24. The number of unbranched alkanes of at least 4 members (excludes halogenated alkanes) is 1. The summed E-state index contributed by atoms with van der Waals surface area (Å²) >= 11 is 0. The summed E-state index contributed by atoms with van der Waals surface area (Å²) in [6.07, 6.45) is 3.38. The third-order valence-electron chi connectivity index (χ3n) is 4.72. The molecule has 0 radical (unpaired) electrons. The number of methoxy groups -OCH3 is 3. The van der Waals surface area contributed by atoms with Gasteiger partial charge in [-0.15, -0.1) is 0 Å². The first kappa shape index (κ1) is 18.8. The number of ether oxygens (including phenoxy) is 3. The van der Waals surface area contributed by atoms with Gasteiger partial charge in [0.15, 0.2) is 5.75 Å². The molecule has 0 fully saturated rings. The lowest BCUT2D eigenvalue weighted by molar-refractivity contribution is 0.396. The van der Waals surface area contributed by atoms with Crippen LogP contribution in [0, 0.1) is 0 Å². The van der Waals surface area contributed by atoms with Crippen LogP contribution in [-0.4, -0.2) is 26.3 Å². The highest BCUT2D eigenvalue weighted by Gasteiger charge is 2.18. The number of H-pyrrole nitrogens is 1. The van der Waals surface area contributed by atoms with Crippen molar-refractivity contribution in [1.82, 2.24) is 4.98 Å². The third-order valence-corrected chi connectivity index (χ3v) is 4.72. The molecule has 142 valence electrons. The van der Waals surface area contributed by atoms with E-state index in [1.165, 1.54) is 19.8 Å². The Morgan fingerprint density at radius 1 is 0.963 bits per heavy atom. The monoisotopic (exact) mass is 367 g/mol. The molecule has 2 aromatic carbocycles. The summed E-state index contributed by atoms with van der Waals surface area (Å²) in [5.41, 5.74) is 3.25. The molecule has 0 atom stereocenters. The summed E-state index contributed by atoms with van der Waals surface area (Å²) in [6, 6.07) is 11.7. The summed E-state index contributed by atoms with van der Waals surface area (Å²) in [5.74, 6) is 1.33. The van der Waals surface area contributed by atoms with Crippen LogP contribution in [0.5, 0.6) is 17.2 Å². The van der Waals surface area contributed by atoms with Gasteiger partial charge in [-0.05, 0) is 18.4 Å². The molecule has 3 aromatic rings. The van der Waals surface area contributed by atoms with E-state index < -0.39 is 0 Å². The van der Waals surface area contributed by atoms with E-state index in [1.54, 1.807) is 19.2 Å².